The van der Waals surface area contributed by atoms with Crippen LogP contribution in [0.1, 0.15) is 11.7 Å². The predicted molar refractivity (Wildman–Crippen MR) is 63.7 cm³/mol. The first kappa shape index (κ1) is 13.9. The van der Waals surface area contributed by atoms with E-state index in [0.717, 1.165) is 14.2 Å². The van der Waals surface area contributed by atoms with Gasteiger partial charge in [0.25, 0.3) is 11.3 Å². The molecule has 0 amide bonds. The van der Waals surface area contributed by atoms with Gasteiger partial charge in [-0.05, 0) is 17.7 Å². The van der Waals surface area contributed by atoms with E-state index in [0.29, 0.717) is 5.56 Å². The first-order chi connectivity index (χ1) is 9.47. The minimum atomic E-state index is -1.82. The zero-order valence-corrected chi connectivity index (χ0v) is 10.7. The van der Waals surface area contributed by atoms with Crippen LogP contribution in [0.25, 0.3) is 0 Å². The van der Waals surface area contributed by atoms with Crippen LogP contribution in [0.15, 0.2) is 24.3 Å². The lowest BCUT2D eigenvalue weighted by Crippen LogP contribution is -2.37. The van der Waals surface area contributed by atoms with Crippen molar-refractivity contribution in [3.05, 3.63) is 39.9 Å². The number of hydrogen-bond donors (Lipinski definition) is 0. The van der Waals surface area contributed by atoms with Crippen molar-refractivity contribution in [2.75, 3.05) is 14.2 Å². The number of hydrogen-bond acceptors (Lipinski definition) is 7. The molecular formula is C12H11NO7. The molecule has 1 aromatic rings. The smallest absolute Gasteiger partial charge is 0.353 e. The van der Waals surface area contributed by atoms with Gasteiger partial charge in [-0.3, -0.25) is 10.1 Å². The third kappa shape index (κ3) is 1.99. The molecule has 0 unspecified atom stereocenters. The van der Waals surface area contributed by atoms with E-state index in [4.69, 9.17) is 4.74 Å². The maximum atomic E-state index is 11.7. The number of epoxide rings is 1. The molecular weight excluding hydrogens is 270 g/mol. The maximum absolute atomic E-state index is 11.7. The van der Waals surface area contributed by atoms with Crippen LogP contribution in [0.4, 0.5) is 5.69 Å². The number of non-ortho nitro benzene ring substituents is 1. The summed E-state index contributed by atoms with van der Waals surface area (Å²) >= 11 is 0. The molecule has 106 valence electrons. The minimum absolute atomic E-state index is 0.101. The second-order valence-corrected chi connectivity index (χ2v) is 4.07. The standard InChI is InChI=1S/C12H11NO7/c1-18-10(14)12(11(15)19-2)9(20-12)7-3-5-8(6-4-7)13(16)17/h3-6,9H,1-2H3/t9-/m1/s1. The summed E-state index contributed by atoms with van der Waals surface area (Å²) in [6.45, 7) is 0. The fourth-order valence-electron chi connectivity index (χ4n) is 1.92. The van der Waals surface area contributed by atoms with Crippen LogP contribution in [0.2, 0.25) is 0 Å². The van der Waals surface area contributed by atoms with Gasteiger partial charge >= 0.3 is 11.9 Å². The van der Waals surface area contributed by atoms with Crippen molar-refractivity contribution in [2.24, 2.45) is 0 Å². The topological polar surface area (TPSA) is 108 Å². The Labute approximate surface area is 113 Å². The molecule has 1 aromatic carbocycles. The van der Waals surface area contributed by atoms with Crippen LogP contribution in [0.3, 0.4) is 0 Å². The molecule has 1 saturated heterocycles. The molecule has 1 heterocycles. The first-order valence-corrected chi connectivity index (χ1v) is 5.56. The number of esters is 2. The Kier molecular flexibility index (Phi) is 3.41. The monoisotopic (exact) mass is 281 g/mol. The van der Waals surface area contributed by atoms with Crippen molar-refractivity contribution in [1.82, 2.24) is 0 Å². The summed E-state index contributed by atoms with van der Waals surface area (Å²) in [6, 6.07) is 5.35. The third-order valence-corrected chi connectivity index (χ3v) is 3.00. The molecule has 8 heteroatoms. The Bertz CT molecular complexity index is 550. The largest absolute Gasteiger partial charge is 0.466 e. The Hall–Kier alpha value is -2.48. The molecule has 0 saturated carbocycles. The molecule has 8 nitrogen and oxygen atoms in total. The van der Waals surface area contributed by atoms with Gasteiger partial charge in [0.1, 0.15) is 6.10 Å². The molecule has 1 aliphatic heterocycles. The fraction of sp³-hybridized carbons (Fsp3) is 0.333. The van der Waals surface area contributed by atoms with Crippen LogP contribution in [0.5, 0.6) is 0 Å². The highest BCUT2D eigenvalue weighted by molar-refractivity contribution is 6.07. The van der Waals surface area contributed by atoms with E-state index < -0.39 is 28.6 Å². The van der Waals surface area contributed by atoms with Crippen LogP contribution < -0.4 is 0 Å². The van der Waals surface area contributed by atoms with Gasteiger partial charge in [-0.2, -0.15) is 0 Å². The molecule has 0 radical (unpaired) electrons. The van der Waals surface area contributed by atoms with Gasteiger partial charge in [-0.25, -0.2) is 9.59 Å². The van der Waals surface area contributed by atoms with Gasteiger partial charge in [0, 0.05) is 12.1 Å². The van der Waals surface area contributed by atoms with Crippen molar-refractivity contribution in [3.8, 4) is 0 Å². The number of carbonyl (C=O) groups excluding carboxylic acids is 2. The quantitative estimate of drug-likeness (QED) is 0.263. The molecule has 1 atom stereocenters. The average molecular weight is 281 g/mol. The first-order valence-electron chi connectivity index (χ1n) is 5.56. The van der Waals surface area contributed by atoms with Gasteiger partial charge in [0.2, 0.25) is 0 Å². The summed E-state index contributed by atoms with van der Waals surface area (Å²) in [6.07, 6.45) is -0.872. The summed E-state index contributed by atoms with van der Waals surface area (Å²) in [7, 11) is 2.25. The van der Waals surface area contributed by atoms with E-state index in [1.807, 2.05) is 0 Å². The molecule has 0 N–H and O–H groups in total. The SMILES string of the molecule is COC(=O)C1(C(=O)OC)O[C@@H]1c1ccc([N+](=O)[O-])cc1. The lowest BCUT2D eigenvalue weighted by Gasteiger charge is -2.07. The van der Waals surface area contributed by atoms with E-state index in [9.17, 15) is 19.7 Å². The van der Waals surface area contributed by atoms with Crippen molar-refractivity contribution in [3.63, 3.8) is 0 Å². The Morgan fingerprint density at radius 2 is 1.70 bits per heavy atom. The number of nitro benzene ring substituents is 1. The average Bonchev–Trinajstić information content (AvgIpc) is 3.22. The van der Waals surface area contributed by atoms with Gasteiger partial charge in [0.05, 0.1) is 19.1 Å². The van der Waals surface area contributed by atoms with E-state index in [-0.39, 0.29) is 5.69 Å². The van der Waals surface area contributed by atoms with Gasteiger partial charge < -0.3 is 14.2 Å². The zero-order valence-electron chi connectivity index (χ0n) is 10.7. The highest BCUT2D eigenvalue weighted by Crippen LogP contribution is 2.51. The van der Waals surface area contributed by atoms with E-state index >= 15 is 0 Å². The Morgan fingerprint density at radius 3 is 2.10 bits per heavy atom. The highest BCUT2D eigenvalue weighted by Gasteiger charge is 2.71. The molecule has 1 fully saturated rings. The number of nitro groups is 1. The second-order valence-electron chi connectivity index (χ2n) is 4.07. The maximum Gasteiger partial charge on any atom is 0.353 e. The molecule has 1 aliphatic rings. The van der Waals surface area contributed by atoms with Gasteiger partial charge in [-0.1, -0.05) is 0 Å². The summed E-state index contributed by atoms with van der Waals surface area (Å²) < 4.78 is 14.3. The number of nitrogens with zero attached hydrogens (tertiary/aromatic N) is 1. The van der Waals surface area contributed by atoms with E-state index in [1.54, 1.807) is 0 Å². The molecule has 2 rings (SSSR count). The van der Waals surface area contributed by atoms with Crippen LogP contribution in [-0.2, 0) is 23.8 Å². The minimum Gasteiger partial charge on any atom is -0.466 e. The second kappa shape index (κ2) is 4.89. The molecule has 0 spiro atoms. The van der Waals surface area contributed by atoms with Crippen molar-refractivity contribution >= 4 is 17.6 Å². The summed E-state index contributed by atoms with van der Waals surface area (Å²) in [5.74, 6) is -1.74. The summed E-state index contributed by atoms with van der Waals surface area (Å²) in [5, 5.41) is 10.6. The van der Waals surface area contributed by atoms with E-state index in [2.05, 4.69) is 9.47 Å². The number of ether oxygens (including phenoxy) is 3. The predicted octanol–water partition coefficient (Wildman–Crippen LogP) is 0.751. The Balaban J connectivity index is 2.28. The van der Waals surface area contributed by atoms with Crippen LogP contribution >= 0.6 is 0 Å². The van der Waals surface area contributed by atoms with Crippen LogP contribution in [0, 0.1) is 10.1 Å². The number of rotatable bonds is 4. The lowest BCUT2D eigenvalue weighted by molar-refractivity contribution is -0.384. The normalized spacial score (nSPS) is 19.0. The fourth-order valence-corrected chi connectivity index (χ4v) is 1.92. The number of benzene rings is 1. The van der Waals surface area contributed by atoms with Crippen molar-refractivity contribution in [2.45, 2.75) is 11.7 Å². The summed E-state index contributed by atoms with van der Waals surface area (Å²) in [4.78, 5) is 33.4. The van der Waals surface area contributed by atoms with Crippen molar-refractivity contribution < 1.29 is 28.7 Å². The van der Waals surface area contributed by atoms with Crippen LogP contribution in [-0.4, -0.2) is 36.7 Å². The molecule has 0 aliphatic carbocycles. The van der Waals surface area contributed by atoms with E-state index in [1.165, 1.54) is 24.3 Å². The Morgan fingerprint density at radius 1 is 1.20 bits per heavy atom. The number of carbonyl (C=O) groups is 2. The molecule has 0 aromatic heterocycles. The lowest BCUT2D eigenvalue weighted by atomic mass is 9.99. The zero-order chi connectivity index (χ0) is 14.9. The van der Waals surface area contributed by atoms with Crippen molar-refractivity contribution in [1.29, 1.82) is 0 Å². The number of methoxy groups -OCH3 is 2. The highest BCUT2D eigenvalue weighted by atomic mass is 16.7. The third-order valence-electron chi connectivity index (χ3n) is 3.00. The van der Waals surface area contributed by atoms with Gasteiger partial charge in [-0.15, -0.1) is 0 Å². The summed E-state index contributed by atoms with van der Waals surface area (Å²) in [5.41, 5.74) is -1.47. The van der Waals surface area contributed by atoms with Gasteiger partial charge in [0.15, 0.2) is 0 Å². The molecule has 20 heavy (non-hydrogen) atoms. The molecule has 0 bridgehead atoms.